The number of carbonyl (C=O) groups is 1. The van der Waals surface area contributed by atoms with Crippen LogP contribution in [0.2, 0.25) is 0 Å². The van der Waals surface area contributed by atoms with Crippen LogP contribution >= 0.6 is 0 Å². The number of fused-ring (bicyclic) bond motifs is 1. The van der Waals surface area contributed by atoms with Crippen LogP contribution < -0.4 is 5.73 Å². The van der Waals surface area contributed by atoms with Crippen LogP contribution in [0.4, 0.5) is 5.82 Å². The van der Waals surface area contributed by atoms with E-state index in [0.717, 1.165) is 5.69 Å². The summed E-state index contributed by atoms with van der Waals surface area (Å²) >= 11 is 0. The molecule has 0 aromatic carbocycles. The van der Waals surface area contributed by atoms with Crippen LogP contribution in [0.25, 0.3) is 5.52 Å². The summed E-state index contributed by atoms with van der Waals surface area (Å²) in [5.74, 6) is 0.0771. The van der Waals surface area contributed by atoms with Gasteiger partial charge in [0.2, 0.25) is 0 Å². The molecule has 0 aliphatic heterocycles. The van der Waals surface area contributed by atoms with Gasteiger partial charge in [-0.3, -0.25) is 4.79 Å². The second kappa shape index (κ2) is 3.56. The highest BCUT2D eigenvalue weighted by Crippen LogP contribution is 2.13. The first-order valence-corrected chi connectivity index (χ1v) is 4.36. The van der Waals surface area contributed by atoms with Crippen molar-refractivity contribution >= 4 is 17.3 Å². The number of nitrogen functional groups attached to an aromatic ring is 1. The molecule has 0 radical (unpaired) electrons. The molecule has 6 nitrogen and oxygen atoms in total. The molecule has 0 aliphatic rings. The van der Waals surface area contributed by atoms with E-state index in [1.54, 1.807) is 16.6 Å². The Hall–Kier alpha value is -2.11. The predicted octanol–water partition coefficient (Wildman–Crippen LogP) is 0.0270. The van der Waals surface area contributed by atoms with Crippen molar-refractivity contribution < 1.29 is 9.53 Å². The first kappa shape index (κ1) is 9.45. The molecule has 2 rings (SSSR count). The van der Waals surface area contributed by atoms with Crippen molar-refractivity contribution in [3.8, 4) is 0 Å². The van der Waals surface area contributed by atoms with E-state index in [1.807, 2.05) is 0 Å². The molecule has 15 heavy (non-hydrogen) atoms. The number of aromatic nitrogens is 3. The van der Waals surface area contributed by atoms with Gasteiger partial charge in [-0.2, -0.15) is 5.10 Å². The maximum absolute atomic E-state index is 11.1. The molecule has 2 aromatic heterocycles. The van der Waals surface area contributed by atoms with Gasteiger partial charge in [0.25, 0.3) is 0 Å². The highest BCUT2D eigenvalue weighted by molar-refractivity contribution is 5.73. The lowest BCUT2D eigenvalue weighted by Crippen LogP contribution is -2.08. The summed E-state index contributed by atoms with van der Waals surface area (Å²) in [6.45, 7) is 0. The largest absolute Gasteiger partial charge is 0.469 e. The molecule has 0 saturated carbocycles. The number of methoxy groups -OCH3 is 1. The van der Waals surface area contributed by atoms with Crippen molar-refractivity contribution in [2.45, 2.75) is 6.42 Å². The topological polar surface area (TPSA) is 82.5 Å². The third-order valence-electron chi connectivity index (χ3n) is 2.11. The highest BCUT2D eigenvalue weighted by atomic mass is 16.5. The van der Waals surface area contributed by atoms with E-state index in [-0.39, 0.29) is 12.4 Å². The third-order valence-corrected chi connectivity index (χ3v) is 2.11. The van der Waals surface area contributed by atoms with Crippen molar-refractivity contribution in [3.05, 3.63) is 24.2 Å². The van der Waals surface area contributed by atoms with Crippen LogP contribution in [0.15, 0.2) is 18.5 Å². The van der Waals surface area contributed by atoms with Crippen molar-refractivity contribution in [1.29, 1.82) is 0 Å². The van der Waals surface area contributed by atoms with Gasteiger partial charge in [0, 0.05) is 0 Å². The van der Waals surface area contributed by atoms with E-state index in [4.69, 9.17) is 5.73 Å². The second-order valence-corrected chi connectivity index (χ2v) is 3.02. The fraction of sp³-hybridized carbons (Fsp3) is 0.222. The van der Waals surface area contributed by atoms with E-state index < -0.39 is 0 Å². The molecule has 0 atom stereocenters. The number of hydrogen-bond donors (Lipinski definition) is 1. The van der Waals surface area contributed by atoms with Crippen LogP contribution in [0.1, 0.15) is 5.69 Å². The predicted molar refractivity (Wildman–Crippen MR) is 53.1 cm³/mol. The zero-order chi connectivity index (χ0) is 10.8. The van der Waals surface area contributed by atoms with Crippen LogP contribution in [-0.2, 0) is 16.0 Å². The second-order valence-electron chi connectivity index (χ2n) is 3.02. The fourth-order valence-electron chi connectivity index (χ4n) is 1.36. The normalized spacial score (nSPS) is 10.5. The maximum Gasteiger partial charge on any atom is 0.311 e. The summed E-state index contributed by atoms with van der Waals surface area (Å²) in [5.41, 5.74) is 7.06. The van der Waals surface area contributed by atoms with Crippen molar-refractivity contribution in [3.63, 3.8) is 0 Å². The molecule has 0 fully saturated rings. The standard InChI is InChI=1S/C9H10N4O2/c1-15-8(14)4-6-2-3-7-9(10)11-5-12-13(6)7/h2-3,5H,4H2,1H3,(H2,10,11,12). The fourth-order valence-corrected chi connectivity index (χ4v) is 1.36. The van der Waals surface area contributed by atoms with Crippen LogP contribution in [0.3, 0.4) is 0 Å². The van der Waals surface area contributed by atoms with Gasteiger partial charge >= 0.3 is 5.97 Å². The number of hydrogen-bond acceptors (Lipinski definition) is 5. The molecule has 0 bridgehead atoms. The molecular formula is C9H10N4O2. The molecule has 78 valence electrons. The van der Waals surface area contributed by atoms with Gasteiger partial charge in [-0.1, -0.05) is 0 Å². The summed E-state index contributed by atoms with van der Waals surface area (Å²) in [7, 11) is 1.35. The Morgan fingerprint density at radius 3 is 3.13 bits per heavy atom. The van der Waals surface area contributed by atoms with Gasteiger partial charge in [0.1, 0.15) is 11.8 Å². The quantitative estimate of drug-likeness (QED) is 0.701. The Morgan fingerprint density at radius 2 is 2.40 bits per heavy atom. The van der Waals surface area contributed by atoms with E-state index in [0.29, 0.717) is 11.3 Å². The van der Waals surface area contributed by atoms with Gasteiger partial charge in [-0.05, 0) is 12.1 Å². The van der Waals surface area contributed by atoms with Gasteiger partial charge in [0.15, 0.2) is 5.82 Å². The van der Waals surface area contributed by atoms with Crippen LogP contribution in [0, 0.1) is 0 Å². The van der Waals surface area contributed by atoms with Crippen molar-refractivity contribution in [1.82, 2.24) is 14.6 Å². The number of carbonyl (C=O) groups excluding carboxylic acids is 1. The molecule has 2 heterocycles. The van der Waals surface area contributed by atoms with Gasteiger partial charge in [-0.15, -0.1) is 0 Å². The number of nitrogens with zero attached hydrogens (tertiary/aromatic N) is 3. The highest BCUT2D eigenvalue weighted by Gasteiger charge is 2.09. The number of anilines is 1. The first-order valence-electron chi connectivity index (χ1n) is 4.36. The average molecular weight is 206 g/mol. The summed E-state index contributed by atoms with van der Waals surface area (Å²) < 4.78 is 6.16. The minimum absolute atomic E-state index is 0.168. The van der Waals surface area contributed by atoms with Crippen molar-refractivity contribution in [2.75, 3.05) is 12.8 Å². The van der Waals surface area contributed by atoms with E-state index in [9.17, 15) is 4.79 Å². The Balaban J connectivity index is 2.45. The van der Waals surface area contributed by atoms with Crippen LogP contribution in [-0.4, -0.2) is 27.7 Å². The Kier molecular flexibility index (Phi) is 2.24. The summed E-state index contributed by atoms with van der Waals surface area (Å²) in [6, 6.07) is 3.55. The lowest BCUT2D eigenvalue weighted by atomic mass is 10.3. The molecule has 0 aliphatic carbocycles. The van der Waals surface area contributed by atoms with Gasteiger partial charge in [0.05, 0.1) is 19.2 Å². The Bertz CT molecular complexity index is 506. The zero-order valence-electron chi connectivity index (χ0n) is 8.17. The minimum atomic E-state index is -0.313. The smallest absolute Gasteiger partial charge is 0.311 e. The third kappa shape index (κ3) is 1.61. The molecule has 0 unspecified atom stereocenters. The summed E-state index contributed by atoms with van der Waals surface area (Å²) in [5, 5.41) is 4.01. The Morgan fingerprint density at radius 1 is 1.60 bits per heavy atom. The average Bonchev–Trinajstić information content (AvgIpc) is 2.63. The molecule has 0 spiro atoms. The lowest BCUT2D eigenvalue weighted by Gasteiger charge is -2.01. The van der Waals surface area contributed by atoms with Gasteiger partial charge < -0.3 is 10.5 Å². The number of esters is 1. The maximum atomic E-state index is 11.1. The Labute approximate surface area is 85.7 Å². The number of ether oxygens (including phenoxy) is 1. The summed E-state index contributed by atoms with van der Waals surface area (Å²) in [6.07, 6.45) is 1.52. The zero-order valence-corrected chi connectivity index (χ0v) is 8.17. The molecular weight excluding hydrogens is 196 g/mol. The van der Waals surface area contributed by atoms with Gasteiger partial charge in [-0.25, -0.2) is 9.50 Å². The number of nitrogens with two attached hydrogens (primary N) is 1. The molecule has 0 amide bonds. The molecule has 2 aromatic rings. The molecule has 0 saturated heterocycles. The molecule has 2 N–H and O–H groups in total. The lowest BCUT2D eigenvalue weighted by molar-refractivity contribution is -0.139. The molecule has 6 heteroatoms. The first-order chi connectivity index (χ1) is 7.22. The minimum Gasteiger partial charge on any atom is -0.469 e. The van der Waals surface area contributed by atoms with Crippen molar-refractivity contribution in [2.24, 2.45) is 0 Å². The monoisotopic (exact) mass is 206 g/mol. The SMILES string of the molecule is COC(=O)Cc1ccc2c(N)ncnn12. The summed E-state index contributed by atoms with van der Waals surface area (Å²) in [4.78, 5) is 14.9. The van der Waals surface area contributed by atoms with Crippen LogP contribution in [0.5, 0.6) is 0 Å². The van der Waals surface area contributed by atoms with E-state index >= 15 is 0 Å². The van der Waals surface area contributed by atoms with E-state index in [2.05, 4.69) is 14.8 Å². The number of rotatable bonds is 2. The van der Waals surface area contributed by atoms with E-state index in [1.165, 1.54) is 13.4 Å².